The lowest BCUT2D eigenvalue weighted by molar-refractivity contribution is 0.291. The van der Waals surface area contributed by atoms with Crippen LogP contribution >= 0.6 is 0 Å². The van der Waals surface area contributed by atoms with E-state index in [-0.39, 0.29) is 12.0 Å². The molecule has 0 atom stereocenters. The highest BCUT2D eigenvalue weighted by Gasteiger charge is 2.23. The first kappa shape index (κ1) is 10.0. The molecule has 3 rings (SSSR count). The van der Waals surface area contributed by atoms with Crippen molar-refractivity contribution in [2.24, 2.45) is 0 Å². The predicted molar refractivity (Wildman–Crippen MR) is 59.1 cm³/mol. The van der Waals surface area contributed by atoms with Gasteiger partial charge < -0.3 is 0 Å². The van der Waals surface area contributed by atoms with Gasteiger partial charge in [0.15, 0.2) is 0 Å². The molecule has 2 aromatic heterocycles. The fraction of sp³-hybridized carbons (Fsp3) is 0.400. The van der Waals surface area contributed by atoms with Crippen LogP contribution in [-0.4, -0.2) is 24.3 Å². The van der Waals surface area contributed by atoms with E-state index in [1.54, 1.807) is 18.5 Å². The molecular weight excluding hydrogens is 222 g/mol. The van der Waals surface area contributed by atoms with Crippen LogP contribution in [0.2, 0.25) is 0 Å². The summed E-state index contributed by atoms with van der Waals surface area (Å²) in [5.41, 5.74) is -0.927. The molecule has 17 heavy (non-hydrogen) atoms. The Morgan fingerprint density at radius 2 is 2.18 bits per heavy atom. The molecule has 2 heterocycles. The molecule has 1 aliphatic rings. The lowest BCUT2D eigenvalue weighted by atomic mass is 9.93. The zero-order chi connectivity index (χ0) is 11.8. The summed E-state index contributed by atoms with van der Waals surface area (Å²) in [5, 5.41) is 3.91. The van der Waals surface area contributed by atoms with Gasteiger partial charge in [-0.25, -0.2) is 18.8 Å². The minimum absolute atomic E-state index is 0.00502. The van der Waals surface area contributed by atoms with Gasteiger partial charge in [-0.05, 0) is 25.3 Å². The summed E-state index contributed by atoms with van der Waals surface area (Å²) in [6, 6.07) is 1.70. The number of aromatic nitrogens is 5. The molecule has 0 saturated heterocycles. The Morgan fingerprint density at radius 1 is 1.35 bits per heavy atom. The first-order chi connectivity index (χ1) is 8.25. The second-order valence-electron chi connectivity index (χ2n) is 4.05. The van der Waals surface area contributed by atoms with Crippen LogP contribution in [0.4, 0.5) is 0 Å². The minimum atomic E-state index is -0.510. The van der Waals surface area contributed by atoms with Crippen molar-refractivity contribution in [1.29, 1.82) is 0 Å². The molecule has 1 N–H and O–H groups in total. The zero-order valence-corrected chi connectivity index (χ0v) is 9.04. The van der Waals surface area contributed by atoms with Gasteiger partial charge in [0, 0.05) is 18.4 Å². The number of aromatic amines is 1. The van der Waals surface area contributed by atoms with Crippen molar-refractivity contribution < 1.29 is 0 Å². The van der Waals surface area contributed by atoms with Crippen molar-refractivity contribution in [1.82, 2.24) is 24.3 Å². The summed E-state index contributed by atoms with van der Waals surface area (Å²) in [5.74, 6) is 0.153. The van der Waals surface area contributed by atoms with Gasteiger partial charge in [0.1, 0.15) is 0 Å². The Labute approximate surface area is 95.7 Å². The van der Waals surface area contributed by atoms with Crippen LogP contribution in [0.15, 0.2) is 28.0 Å². The van der Waals surface area contributed by atoms with E-state index in [0.29, 0.717) is 0 Å². The average molecular weight is 233 g/mol. The first-order valence-corrected chi connectivity index (χ1v) is 5.48. The van der Waals surface area contributed by atoms with E-state index in [4.69, 9.17) is 0 Å². The van der Waals surface area contributed by atoms with E-state index in [1.807, 2.05) is 0 Å². The monoisotopic (exact) mass is 233 g/mol. The number of hydrogen-bond acceptors (Lipinski definition) is 4. The third-order valence-electron chi connectivity index (χ3n) is 3.01. The molecule has 1 aliphatic carbocycles. The summed E-state index contributed by atoms with van der Waals surface area (Å²) < 4.78 is 2.55. The fourth-order valence-corrected chi connectivity index (χ4v) is 1.88. The number of hydrogen-bond donors (Lipinski definition) is 1. The molecule has 2 aromatic rings. The molecule has 1 saturated carbocycles. The number of nitrogens with one attached hydrogen (secondary N) is 1. The fourth-order valence-electron chi connectivity index (χ4n) is 1.88. The van der Waals surface area contributed by atoms with Crippen LogP contribution in [0.3, 0.4) is 0 Å². The maximum Gasteiger partial charge on any atom is 0.355 e. The molecule has 0 radical (unpaired) electrons. The van der Waals surface area contributed by atoms with Crippen molar-refractivity contribution >= 4 is 0 Å². The lowest BCUT2D eigenvalue weighted by Crippen LogP contribution is -2.42. The third-order valence-corrected chi connectivity index (χ3v) is 3.01. The first-order valence-electron chi connectivity index (χ1n) is 5.48. The summed E-state index contributed by atoms with van der Waals surface area (Å²) in [6.45, 7) is 0. The molecule has 0 spiro atoms. The predicted octanol–water partition coefficient (Wildman–Crippen LogP) is -0.158. The van der Waals surface area contributed by atoms with Crippen LogP contribution in [0.5, 0.6) is 0 Å². The highest BCUT2D eigenvalue weighted by Crippen LogP contribution is 2.28. The summed E-state index contributed by atoms with van der Waals surface area (Å²) in [7, 11) is 0. The van der Waals surface area contributed by atoms with Gasteiger partial charge in [-0.3, -0.25) is 4.98 Å². The molecule has 7 nitrogen and oxygen atoms in total. The quantitative estimate of drug-likeness (QED) is 0.781. The molecule has 0 unspecified atom stereocenters. The maximum atomic E-state index is 11.8. The Bertz CT molecular complexity index is 604. The lowest BCUT2D eigenvalue weighted by Gasteiger charge is -2.25. The van der Waals surface area contributed by atoms with Crippen LogP contribution in [0.1, 0.15) is 25.3 Å². The third kappa shape index (κ3) is 1.59. The van der Waals surface area contributed by atoms with Crippen molar-refractivity contribution in [3.8, 4) is 5.95 Å². The normalized spacial score (nSPS) is 15.8. The minimum Gasteiger partial charge on any atom is -0.275 e. The van der Waals surface area contributed by atoms with Gasteiger partial charge >= 0.3 is 11.4 Å². The van der Waals surface area contributed by atoms with E-state index in [9.17, 15) is 9.59 Å². The molecule has 0 aliphatic heterocycles. The molecule has 88 valence electrons. The SMILES string of the molecule is O=c1nc(-n2cccn2)[nH]c(=O)n1C1CCC1. The topological polar surface area (TPSA) is 85.6 Å². The van der Waals surface area contributed by atoms with Gasteiger partial charge in [0.25, 0.3) is 0 Å². The highest BCUT2D eigenvalue weighted by atomic mass is 16.2. The van der Waals surface area contributed by atoms with Crippen molar-refractivity contribution in [2.75, 3.05) is 0 Å². The molecule has 1 fully saturated rings. The van der Waals surface area contributed by atoms with Gasteiger partial charge in [-0.2, -0.15) is 10.1 Å². The molecule has 0 bridgehead atoms. The molecule has 7 heteroatoms. The van der Waals surface area contributed by atoms with Crippen LogP contribution in [0.25, 0.3) is 5.95 Å². The van der Waals surface area contributed by atoms with Gasteiger partial charge in [-0.1, -0.05) is 0 Å². The summed E-state index contributed by atoms with van der Waals surface area (Å²) >= 11 is 0. The van der Waals surface area contributed by atoms with Gasteiger partial charge in [0.05, 0.1) is 0 Å². The standard InChI is InChI=1S/C10H11N5O2/c16-9-12-8(14-6-2-5-11-14)13-10(17)15(9)7-3-1-4-7/h2,5-7H,1,3-4H2,(H,12,13,16,17). The maximum absolute atomic E-state index is 11.8. The van der Waals surface area contributed by atoms with Crippen LogP contribution in [-0.2, 0) is 0 Å². The Kier molecular flexibility index (Phi) is 2.17. The summed E-state index contributed by atoms with van der Waals surface area (Å²) in [4.78, 5) is 30.0. The van der Waals surface area contributed by atoms with Gasteiger partial charge in [0.2, 0.25) is 5.95 Å². The number of rotatable bonds is 2. The van der Waals surface area contributed by atoms with E-state index >= 15 is 0 Å². The van der Waals surface area contributed by atoms with E-state index in [0.717, 1.165) is 19.3 Å². The highest BCUT2D eigenvalue weighted by molar-refractivity contribution is 5.06. The number of H-pyrrole nitrogens is 1. The zero-order valence-electron chi connectivity index (χ0n) is 9.04. The average Bonchev–Trinajstić information content (AvgIpc) is 2.73. The molecule has 0 aromatic carbocycles. The van der Waals surface area contributed by atoms with Crippen molar-refractivity contribution in [3.05, 3.63) is 39.4 Å². The molecule has 0 amide bonds. The molecular formula is C10H11N5O2. The van der Waals surface area contributed by atoms with Crippen molar-refractivity contribution in [2.45, 2.75) is 25.3 Å². The second-order valence-corrected chi connectivity index (χ2v) is 4.05. The number of nitrogens with zero attached hydrogens (tertiary/aromatic N) is 4. The van der Waals surface area contributed by atoms with E-state index < -0.39 is 11.4 Å². The van der Waals surface area contributed by atoms with Gasteiger partial charge in [-0.15, -0.1) is 0 Å². The largest absolute Gasteiger partial charge is 0.355 e. The van der Waals surface area contributed by atoms with Crippen molar-refractivity contribution in [3.63, 3.8) is 0 Å². The Morgan fingerprint density at radius 3 is 2.71 bits per heavy atom. The van der Waals surface area contributed by atoms with E-state index in [1.165, 1.54) is 9.25 Å². The Balaban J connectivity index is 2.11. The van der Waals surface area contributed by atoms with E-state index in [2.05, 4.69) is 15.1 Å². The smallest absolute Gasteiger partial charge is 0.275 e. The summed E-state index contributed by atoms with van der Waals surface area (Å²) in [6.07, 6.45) is 5.96. The Hall–Kier alpha value is -2.18. The van der Waals surface area contributed by atoms with Crippen LogP contribution < -0.4 is 11.4 Å². The second kappa shape index (κ2) is 3.69. The van der Waals surface area contributed by atoms with Crippen LogP contribution in [0, 0.1) is 0 Å².